The van der Waals surface area contributed by atoms with Crippen molar-refractivity contribution in [3.8, 4) is 0 Å². The van der Waals surface area contributed by atoms with Crippen molar-refractivity contribution in [2.75, 3.05) is 6.54 Å². The summed E-state index contributed by atoms with van der Waals surface area (Å²) in [7, 11) is 0. The van der Waals surface area contributed by atoms with E-state index in [1.165, 1.54) is 28.4 Å². The van der Waals surface area contributed by atoms with Gasteiger partial charge in [0, 0.05) is 4.47 Å². The molecule has 0 radical (unpaired) electrons. The third kappa shape index (κ3) is 1.73. The molecule has 1 aliphatic carbocycles. The summed E-state index contributed by atoms with van der Waals surface area (Å²) in [4.78, 5) is 0. The maximum atomic E-state index is 5.83. The van der Waals surface area contributed by atoms with Crippen molar-refractivity contribution in [2.24, 2.45) is 11.1 Å². The summed E-state index contributed by atoms with van der Waals surface area (Å²) < 4.78 is 1.24. The summed E-state index contributed by atoms with van der Waals surface area (Å²) in [5.41, 5.74) is 9.09. The van der Waals surface area contributed by atoms with Gasteiger partial charge in [-0.05, 0) is 48.4 Å². The van der Waals surface area contributed by atoms with Crippen LogP contribution >= 0.6 is 15.9 Å². The fourth-order valence-electron chi connectivity index (χ4n) is 2.16. The van der Waals surface area contributed by atoms with Crippen LogP contribution in [0.5, 0.6) is 0 Å². The number of benzene rings is 1. The third-order valence-electron chi connectivity index (χ3n) is 3.31. The van der Waals surface area contributed by atoms with E-state index in [0.29, 0.717) is 5.41 Å². The van der Waals surface area contributed by atoms with Crippen LogP contribution in [0.4, 0.5) is 0 Å². The lowest BCUT2D eigenvalue weighted by atomic mass is 9.73. The van der Waals surface area contributed by atoms with Gasteiger partial charge in [0.25, 0.3) is 0 Å². The highest BCUT2D eigenvalue weighted by Gasteiger charge is 2.29. The third-order valence-corrected chi connectivity index (χ3v) is 4.05. The summed E-state index contributed by atoms with van der Waals surface area (Å²) in [5.74, 6) is 0. The molecule has 1 aromatic carbocycles. The highest BCUT2D eigenvalue weighted by Crippen LogP contribution is 2.37. The molecule has 76 valence electrons. The van der Waals surface area contributed by atoms with Crippen LogP contribution in [0.2, 0.25) is 0 Å². The number of fused-ring (bicyclic) bond motifs is 1. The Balaban J connectivity index is 2.38. The van der Waals surface area contributed by atoms with Crippen LogP contribution in [0, 0.1) is 5.41 Å². The van der Waals surface area contributed by atoms with Crippen LogP contribution in [0.15, 0.2) is 22.7 Å². The van der Waals surface area contributed by atoms with Gasteiger partial charge in [-0.15, -0.1) is 0 Å². The Morgan fingerprint density at radius 3 is 3.00 bits per heavy atom. The van der Waals surface area contributed by atoms with E-state index in [4.69, 9.17) is 5.73 Å². The molecule has 1 aromatic rings. The highest BCUT2D eigenvalue weighted by atomic mass is 79.9. The van der Waals surface area contributed by atoms with E-state index >= 15 is 0 Å². The van der Waals surface area contributed by atoms with Gasteiger partial charge in [0.2, 0.25) is 0 Å². The molecule has 2 rings (SSSR count). The second kappa shape index (κ2) is 3.67. The molecule has 1 unspecified atom stereocenters. The molecule has 0 aromatic heterocycles. The molecule has 0 fully saturated rings. The van der Waals surface area contributed by atoms with Crippen LogP contribution in [0.25, 0.3) is 0 Å². The quantitative estimate of drug-likeness (QED) is 0.819. The van der Waals surface area contributed by atoms with Crippen molar-refractivity contribution in [1.29, 1.82) is 0 Å². The second-order valence-corrected chi connectivity index (χ2v) is 5.42. The van der Waals surface area contributed by atoms with Gasteiger partial charge in [0.1, 0.15) is 0 Å². The second-order valence-electron chi connectivity index (χ2n) is 4.57. The monoisotopic (exact) mass is 253 g/mol. The summed E-state index contributed by atoms with van der Waals surface area (Å²) in [6, 6.07) is 6.48. The molecule has 0 bridgehead atoms. The molecule has 2 heteroatoms. The normalized spacial score (nSPS) is 25.9. The fourth-order valence-corrected chi connectivity index (χ4v) is 2.71. The van der Waals surface area contributed by atoms with Gasteiger partial charge in [-0.1, -0.05) is 35.0 Å². The molecule has 0 spiro atoms. The zero-order valence-electron chi connectivity index (χ0n) is 8.52. The summed E-state index contributed by atoms with van der Waals surface area (Å²) in [6.07, 6.45) is 3.50. The van der Waals surface area contributed by atoms with E-state index in [1.807, 2.05) is 0 Å². The molecule has 2 N–H and O–H groups in total. The minimum atomic E-state index is 0.302. The first-order chi connectivity index (χ1) is 6.64. The Labute approximate surface area is 93.8 Å². The number of aryl methyl sites for hydroxylation is 1. The average molecular weight is 254 g/mol. The van der Waals surface area contributed by atoms with Gasteiger partial charge in [0.15, 0.2) is 0 Å². The fraction of sp³-hybridized carbons (Fsp3) is 0.500. The predicted octanol–water partition coefficient (Wildman–Crippen LogP) is 2.90. The van der Waals surface area contributed by atoms with E-state index in [9.17, 15) is 0 Å². The lowest BCUT2D eigenvalue weighted by Gasteiger charge is -2.34. The SMILES string of the molecule is CC1(CN)CCc2cccc(Br)c2C1. The van der Waals surface area contributed by atoms with Crippen molar-refractivity contribution in [1.82, 2.24) is 0 Å². The summed E-state index contributed by atoms with van der Waals surface area (Å²) in [6.45, 7) is 3.07. The van der Waals surface area contributed by atoms with Gasteiger partial charge >= 0.3 is 0 Å². The molecular formula is C12H16BrN. The molecule has 0 amide bonds. The van der Waals surface area contributed by atoms with Gasteiger partial charge in [-0.25, -0.2) is 0 Å². The van der Waals surface area contributed by atoms with Crippen molar-refractivity contribution < 1.29 is 0 Å². The summed E-state index contributed by atoms with van der Waals surface area (Å²) >= 11 is 3.62. The first kappa shape index (κ1) is 10.2. The van der Waals surface area contributed by atoms with Crippen molar-refractivity contribution in [3.63, 3.8) is 0 Å². The molecule has 14 heavy (non-hydrogen) atoms. The maximum Gasteiger partial charge on any atom is 0.0210 e. The highest BCUT2D eigenvalue weighted by molar-refractivity contribution is 9.10. The van der Waals surface area contributed by atoms with E-state index < -0.39 is 0 Å². The average Bonchev–Trinajstić information content (AvgIpc) is 2.20. The Morgan fingerprint density at radius 1 is 1.50 bits per heavy atom. The zero-order chi connectivity index (χ0) is 10.2. The van der Waals surface area contributed by atoms with Crippen LogP contribution in [0.3, 0.4) is 0 Å². The van der Waals surface area contributed by atoms with Crippen LogP contribution in [-0.4, -0.2) is 6.54 Å². The van der Waals surface area contributed by atoms with Crippen LogP contribution in [-0.2, 0) is 12.8 Å². The Morgan fingerprint density at radius 2 is 2.29 bits per heavy atom. The zero-order valence-corrected chi connectivity index (χ0v) is 10.1. The van der Waals surface area contributed by atoms with Crippen molar-refractivity contribution >= 4 is 15.9 Å². The molecule has 1 aliphatic rings. The number of hydrogen-bond acceptors (Lipinski definition) is 1. The van der Waals surface area contributed by atoms with Crippen molar-refractivity contribution in [3.05, 3.63) is 33.8 Å². The molecule has 1 atom stereocenters. The number of nitrogens with two attached hydrogens (primary N) is 1. The van der Waals surface area contributed by atoms with Gasteiger partial charge in [-0.2, -0.15) is 0 Å². The van der Waals surface area contributed by atoms with Crippen LogP contribution in [0.1, 0.15) is 24.5 Å². The van der Waals surface area contributed by atoms with Gasteiger partial charge < -0.3 is 5.73 Å². The first-order valence-electron chi connectivity index (χ1n) is 5.11. The van der Waals surface area contributed by atoms with Crippen molar-refractivity contribution in [2.45, 2.75) is 26.2 Å². The van der Waals surface area contributed by atoms with E-state index in [2.05, 4.69) is 41.1 Å². The number of rotatable bonds is 1. The Bertz CT molecular complexity index is 348. The maximum absolute atomic E-state index is 5.83. The standard InChI is InChI=1S/C12H16BrN/c1-12(8-14)6-5-9-3-2-4-11(13)10(9)7-12/h2-4H,5-8,14H2,1H3. The lowest BCUT2D eigenvalue weighted by molar-refractivity contribution is 0.289. The predicted molar refractivity (Wildman–Crippen MR) is 63.3 cm³/mol. The molecule has 0 saturated heterocycles. The van der Waals surface area contributed by atoms with E-state index in [-0.39, 0.29) is 0 Å². The van der Waals surface area contributed by atoms with Gasteiger partial charge in [0.05, 0.1) is 0 Å². The smallest absolute Gasteiger partial charge is 0.0210 e. The molecule has 0 aliphatic heterocycles. The molecule has 0 heterocycles. The number of hydrogen-bond donors (Lipinski definition) is 1. The lowest BCUT2D eigenvalue weighted by Crippen LogP contribution is -2.33. The van der Waals surface area contributed by atoms with Gasteiger partial charge in [-0.3, -0.25) is 0 Å². The van der Waals surface area contributed by atoms with E-state index in [0.717, 1.165) is 13.0 Å². The summed E-state index contributed by atoms with van der Waals surface area (Å²) in [5, 5.41) is 0. The first-order valence-corrected chi connectivity index (χ1v) is 5.90. The molecule has 1 nitrogen and oxygen atoms in total. The largest absolute Gasteiger partial charge is 0.330 e. The molecule has 0 saturated carbocycles. The van der Waals surface area contributed by atoms with Crippen LogP contribution < -0.4 is 5.73 Å². The Kier molecular flexibility index (Phi) is 2.67. The minimum Gasteiger partial charge on any atom is -0.330 e. The Hall–Kier alpha value is -0.340. The topological polar surface area (TPSA) is 26.0 Å². The molecular weight excluding hydrogens is 238 g/mol. The minimum absolute atomic E-state index is 0.302. The number of halogens is 1. The van der Waals surface area contributed by atoms with E-state index in [1.54, 1.807) is 0 Å².